The van der Waals surface area contributed by atoms with Gasteiger partial charge in [-0.05, 0) is 0 Å². The van der Waals surface area contributed by atoms with Gasteiger partial charge in [0.25, 0.3) is 0 Å². The van der Waals surface area contributed by atoms with Gasteiger partial charge in [0.15, 0.2) is 0 Å². The summed E-state index contributed by atoms with van der Waals surface area (Å²) in [6.07, 6.45) is -7.75. The summed E-state index contributed by atoms with van der Waals surface area (Å²) in [4.78, 5) is 0. The number of quaternary nitrogens is 1. The van der Waals surface area contributed by atoms with Crippen molar-refractivity contribution in [2.45, 2.75) is 47.8 Å². The molecule has 0 radical (unpaired) electrons. The Morgan fingerprint density at radius 1 is 0.333 bits per heavy atom. The zero-order valence-electron chi connectivity index (χ0n) is 11.5. The topological polar surface area (TPSA) is 27.6 Å². The fourth-order valence-corrected chi connectivity index (χ4v) is 1.20. The van der Waals surface area contributed by atoms with Crippen LogP contribution in [0.25, 0.3) is 0 Å². The van der Waals surface area contributed by atoms with Crippen molar-refractivity contribution in [3.63, 3.8) is 0 Å². The number of rotatable bonds is 6. The Kier molecular flexibility index (Phi) is 7.21. The van der Waals surface area contributed by atoms with Crippen LogP contribution in [-0.4, -0.2) is 47.8 Å². The first kappa shape index (κ1) is 28.7. The molecule has 166 valence electrons. The van der Waals surface area contributed by atoms with Crippen LogP contribution in [0.5, 0.6) is 0 Å². The van der Waals surface area contributed by atoms with Crippen LogP contribution in [0.4, 0.5) is 74.6 Å². The first-order valence-corrected chi connectivity index (χ1v) is 5.32. The van der Waals surface area contributed by atoms with Gasteiger partial charge in [-0.15, -0.1) is 8.78 Å². The highest BCUT2D eigenvalue weighted by Gasteiger charge is 2.95. The second kappa shape index (κ2) is 6.78. The summed E-state index contributed by atoms with van der Waals surface area (Å²) in [5.41, 5.74) is 0.897. The molecule has 3 N–H and O–H groups in total. The van der Waals surface area contributed by atoms with Crippen LogP contribution >= 0.6 is 0 Å². The molecule has 0 aliphatic heterocycles. The summed E-state index contributed by atoms with van der Waals surface area (Å²) >= 11 is 0. The molecule has 0 amide bonds. The second-order valence-electron chi connectivity index (χ2n) is 4.65. The maximum Gasteiger partial charge on any atom is 0.460 e. The van der Waals surface area contributed by atoms with Gasteiger partial charge in [0.1, 0.15) is 0 Å². The van der Waals surface area contributed by atoms with Crippen molar-refractivity contribution in [2.24, 2.45) is 0 Å². The van der Waals surface area contributed by atoms with E-state index in [0.717, 1.165) is 5.73 Å². The molecule has 0 aliphatic rings. The molecule has 0 aliphatic carbocycles. The summed E-state index contributed by atoms with van der Waals surface area (Å²) in [5, 5.41) is 0. The molecule has 19 heteroatoms. The Morgan fingerprint density at radius 2 is 0.519 bits per heavy atom. The third-order valence-corrected chi connectivity index (χ3v) is 2.79. The minimum Gasteiger partial charge on any atom is -1.00 e. The first-order chi connectivity index (χ1) is 10.8. The van der Waals surface area contributed by atoms with Gasteiger partial charge >= 0.3 is 47.8 Å². The zero-order valence-corrected chi connectivity index (χ0v) is 13.7. The summed E-state index contributed by atoms with van der Waals surface area (Å²) < 4.78 is 212. The average Bonchev–Trinajstić information content (AvgIpc) is 2.34. The van der Waals surface area contributed by atoms with Gasteiger partial charge < -0.3 is 24.0 Å². The number of hydrogen-bond donors (Lipinski definition) is 1. The van der Waals surface area contributed by atoms with E-state index in [-0.39, 0.29) is 24.0 Å². The number of hydrogen-bond acceptors (Lipinski definition) is 0. The van der Waals surface area contributed by atoms with Crippen LogP contribution in [0.3, 0.4) is 0 Å². The van der Waals surface area contributed by atoms with E-state index >= 15 is 0 Å². The number of halogens is 18. The van der Waals surface area contributed by atoms with E-state index in [2.05, 4.69) is 0 Å². The Labute approximate surface area is 153 Å². The van der Waals surface area contributed by atoms with Crippen LogP contribution < -0.4 is 29.7 Å². The van der Waals surface area contributed by atoms with E-state index in [1.807, 2.05) is 0 Å². The van der Waals surface area contributed by atoms with Gasteiger partial charge in [-0.1, -0.05) is 0 Å². The lowest BCUT2D eigenvalue weighted by molar-refractivity contribution is -0.631. The maximum absolute atomic E-state index is 12.9. The molecule has 0 saturated heterocycles. The molecule has 0 atom stereocenters. The molecule has 0 spiro atoms. The molecule has 0 unspecified atom stereocenters. The lowest BCUT2D eigenvalue weighted by Crippen LogP contribution is -3.00. The standard InChI is InChI=1S/C8H2F17N.HI/c9-1(10,3(13,14)5(17,18)7(21,22)23)2(11,12)4(15,16)6(19,20)8(24,25)26;/h26H2;1H. The lowest BCUT2D eigenvalue weighted by atomic mass is 9.90. The summed E-state index contributed by atoms with van der Waals surface area (Å²) in [7, 11) is 0. The minimum absolute atomic E-state index is 0. The summed E-state index contributed by atoms with van der Waals surface area (Å²) in [6.45, 7) is 0. The third-order valence-electron chi connectivity index (χ3n) is 2.79. The van der Waals surface area contributed by atoms with E-state index < -0.39 is 47.8 Å². The van der Waals surface area contributed by atoms with Crippen LogP contribution in [0.1, 0.15) is 0 Å². The molecule has 1 nitrogen and oxygen atoms in total. The van der Waals surface area contributed by atoms with E-state index in [1.54, 1.807) is 0 Å². The van der Waals surface area contributed by atoms with E-state index in [9.17, 15) is 74.6 Å². The van der Waals surface area contributed by atoms with E-state index in [1.165, 1.54) is 0 Å². The monoisotopic (exact) mass is 563 g/mol. The van der Waals surface area contributed by atoms with Gasteiger partial charge in [-0.3, -0.25) is 5.73 Å². The fourth-order valence-electron chi connectivity index (χ4n) is 1.20. The normalized spacial score (nSPS) is 16.2. The molecule has 27 heavy (non-hydrogen) atoms. The molecule has 0 aromatic rings. The predicted octanol–water partition coefficient (Wildman–Crippen LogP) is 1.20. The quantitative estimate of drug-likeness (QED) is 0.286. The predicted molar refractivity (Wildman–Crippen MR) is 43.6 cm³/mol. The summed E-state index contributed by atoms with van der Waals surface area (Å²) in [6, 6.07) is -6.56. The van der Waals surface area contributed by atoms with Crippen LogP contribution in [0, 0.1) is 0 Å². The Morgan fingerprint density at radius 3 is 0.704 bits per heavy atom. The molecule has 0 rings (SSSR count). The molecule has 0 aromatic heterocycles. The van der Waals surface area contributed by atoms with Crippen LogP contribution in [0.2, 0.25) is 0 Å². The van der Waals surface area contributed by atoms with Crippen molar-refractivity contribution < 1.29 is 104 Å². The SMILES string of the molecule is [I-].[NH3+]C(F)(F)C(F)(F)C(F)(F)C(F)(F)C(F)(F)C(F)(F)C(F)(F)C(F)(F)F. The molecule has 0 bridgehead atoms. The maximum atomic E-state index is 12.9. The van der Waals surface area contributed by atoms with Crippen molar-refractivity contribution in [2.75, 3.05) is 0 Å². The molecule has 0 aromatic carbocycles. The van der Waals surface area contributed by atoms with Crippen molar-refractivity contribution in [1.82, 2.24) is 0 Å². The highest BCUT2D eigenvalue weighted by molar-refractivity contribution is 5.13. The Balaban J connectivity index is 0. The highest BCUT2D eigenvalue weighted by atomic mass is 127. The van der Waals surface area contributed by atoms with E-state index in [4.69, 9.17) is 0 Å². The van der Waals surface area contributed by atoms with Crippen LogP contribution in [0.15, 0.2) is 0 Å². The fraction of sp³-hybridized carbons (Fsp3) is 1.00. The average molecular weight is 563 g/mol. The van der Waals surface area contributed by atoms with E-state index in [0.29, 0.717) is 0 Å². The summed E-state index contributed by atoms with van der Waals surface area (Å²) in [5.74, 6) is -49.6. The smallest absolute Gasteiger partial charge is 0.460 e. The largest absolute Gasteiger partial charge is 1.00 e. The Bertz CT molecular complexity index is 480. The van der Waals surface area contributed by atoms with Crippen molar-refractivity contribution in [1.29, 1.82) is 0 Å². The molecule has 0 fully saturated rings. The van der Waals surface area contributed by atoms with Crippen LogP contribution in [-0.2, 0) is 0 Å². The highest BCUT2D eigenvalue weighted by Crippen LogP contribution is 2.63. The zero-order chi connectivity index (χ0) is 22.0. The Hall–Kier alpha value is -0.500. The van der Waals surface area contributed by atoms with Gasteiger partial charge in [-0.25, -0.2) is 0 Å². The van der Waals surface area contributed by atoms with Gasteiger partial charge in [0.2, 0.25) is 0 Å². The minimum atomic E-state index is -8.59. The van der Waals surface area contributed by atoms with Crippen molar-refractivity contribution in [3.05, 3.63) is 0 Å². The van der Waals surface area contributed by atoms with Gasteiger partial charge in [-0.2, -0.15) is 65.9 Å². The molecular formula is C8H3F17IN. The number of alkyl halides is 17. The molecular weight excluding hydrogens is 560 g/mol. The van der Waals surface area contributed by atoms with Crippen molar-refractivity contribution in [3.8, 4) is 0 Å². The lowest BCUT2D eigenvalue weighted by Gasteiger charge is -2.41. The van der Waals surface area contributed by atoms with Crippen molar-refractivity contribution >= 4 is 0 Å². The third kappa shape index (κ3) is 3.61. The second-order valence-corrected chi connectivity index (χ2v) is 4.65. The van der Waals surface area contributed by atoms with Gasteiger partial charge in [0, 0.05) is 0 Å². The molecule has 0 saturated carbocycles. The van der Waals surface area contributed by atoms with Gasteiger partial charge in [0.05, 0.1) is 0 Å². The molecule has 0 heterocycles. The first-order valence-electron chi connectivity index (χ1n) is 5.32.